The molecule has 1 N–H and O–H groups in total. The topological polar surface area (TPSA) is 83.4 Å². The van der Waals surface area contributed by atoms with Gasteiger partial charge in [-0.1, -0.05) is 0 Å². The standard InChI is InChI=1S/C19H26N4O4S/c1-28(25,26)22-10-8-21(9-11-22)18-7-6-16-5-4-15(14-23(16)18)19(24)20-13-17-3-2-12-27-17/h4-7,14,17H,2-3,8-13H2,1H3,(H,20,24). The first-order valence-electron chi connectivity index (χ1n) is 9.63. The third kappa shape index (κ3) is 4.01. The van der Waals surface area contributed by atoms with Gasteiger partial charge in [-0.3, -0.25) is 4.79 Å². The van der Waals surface area contributed by atoms with Gasteiger partial charge in [0.05, 0.1) is 17.9 Å². The second-order valence-corrected chi connectivity index (χ2v) is 9.38. The van der Waals surface area contributed by atoms with Gasteiger partial charge >= 0.3 is 0 Å². The fourth-order valence-electron chi connectivity index (χ4n) is 3.84. The summed E-state index contributed by atoms with van der Waals surface area (Å²) in [5.41, 5.74) is 1.59. The predicted molar refractivity (Wildman–Crippen MR) is 107 cm³/mol. The van der Waals surface area contributed by atoms with Crippen LogP contribution >= 0.6 is 0 Å². The minimum atomic E-state index is -3.16. The Morgan fingerprint density at radius 3 is 2.61 bits per heavy atom. The third-order valence-corrected chi connectivity index (χ3v) is 6.74. The molecule has 2 aliphatic rings. The van der Waals surface area contributed by atoms with Crippen molar-refractivity contribution in [1.82, 2.24) is 14.0 Å². The minimum Gasteiger partial charge on any atom is -0.376 e. The molecule has 2 aromatic rings. The highest BCUT2D eigenvalue weighted by Crippen LogP contribution is 2.22. The molecule has 2 aliphatic heterocycles. The van der Waals surface area contributed by atoms with E-state index >= 15 is 0 Å². The highest BCUT2D eigenvalue weighted by molar-refractivity contribution is 7.88. The number of hydrogen-bond acceptors (Lipinski definition) is 5. The van der Waals surface area contributed by atoms with Crippen LogP contribution in [-0.4, -0.2) is 74.7 Å². The van der Waals surface area contributed by atoms with Crippen molar-refractivity contribution >= 4 is 27.3 Å². The van der Waals surface area contributed by atoms with E-state index in [9.17, 15) is 13.2 Å². The van der Waals surface area contributed by atoms with E-state index in [1.807, 2.05) is 34.9 Å². The van der Waals surface area contributed by atoms with E-state index in [1.165, 1.54) is 10.6 Å². The fraction of sp³-hybridized carbons (Fsp3) is 0.526. The normalized spacial score (nSPS) is 21.3. The van der Waals surface area contributed by atoms with Crippen molar-refractivity contribution in [3.63, 3.8) is 0 Å². The molecule has 4 rings (SSSR count). The van der Waals surface area contributed by atoms with E-state index < -0.39 is 10.0 Å². The average molecular weight is 407 g/mol. The Balaban J connectivity index is 1.48. The molecular weight excluding hydrogens is 380 g/mol. The number of nitrogens with zero attached hydrogens (tertiary/aromatic N) is 3. The summed E-state index contributed by atoms with van der Waals surface area (Å²) in [5, 5.41) is 2.95. The summed E-state index contributed by atoms with van der Waals surface area (Å²) in [4.78, 5) is 14.7. The zero-order chi connectivity index (χ0) is 19.7. The van der Waals surface area contributed by atoms with E-state index in [0.717, 1.165) is 30.8 Å². The lowest BCUT2D eigenvalue weighted by Crippen LogP contribution is -2.48. The summed E-state index contributed by atoms with van der Waals surface area (Å²) in [6.45, 7) is 3.47. The number of pyridine rings is 1. The van der Waals surface area contributed by atoms with Gasteiger partial charge in [0.1, 0.15) is 5.82 Å². The molecule has 2 aromatic heterocycles. The number of hydrogen-bond donors (Lipinski definition) is 1. The van der Waals surface area contributed by atoms with Crippen molar-refractivity contribution in [2.45, 2.75) is 18.9 Å². The maximum atomic E-state index is 12.5. The molecule has 0 spiro atoms. The van der Waals surface area contributed by atoms with E-state index in [-0.39, 0.29) is 12.0 Å². The maximum Gasteiger partial charge on any atom is 0.252 e. The van der Waals surface area contributed by atoms with E-state index in [0.29, 0.717) is 38.3 Å². The minimum absolute atomic E-state index is 0.112. The van der Waals surface area contributed by atoms with Crippen LogP contribution in [0.1, 0.15) is 23.2 Å². The van der Waals surface area contributed by atoms with Crippen LogP contribution in [0.2, 0.25) is 0 Å². The number of carbonyl (C=O) groups excluding carboxylic acids is 1. The van der Waals surface area contributed by atoms with Crippen molar-refractivity contribution in [2.75, 3.05) is 50.5 Å². The molecule has 1 atom stereocenters. The molecule has 8 nitrogen and oxygen atoms in total. The lowest BCUT2D eigenvalue weighted by Gasteiger charge is -2.34. The highest BCUT2D eigenvalue weighted by atomic mass is 32.2. The molecule has 4 heterocycles. The number of rotatable bonds is 5. The van der Waals surface area contributed by atoms with E-state index in [4.69, 9.17) is 4.74 Å². The highest BCUT2D eigenvalue weighted by Gasteiger charge is 2.25. The summed E-state index contributed by atoms with van der Waals surface area (Å²) >= 11 is 0. The molecule has 28 heavy (non-hydrogen) atoms. The second kappa shape index (κ2) is 7.73. The largest absolute Gasteiger partial charge is 0.376 e. The lowest BCUT2D eigenvalue weighted by molar-refractivity contribution is 0.0857. The Kier molecular flexibility index (Phi) is 5.31. The van der Waals surface area contributed by atoms with Crippen LogP contribution in [-0.2, 0) is 14.8 Å². The number of carbonyl (C=O) groups is 1. The first-order chi connectivity index (χ1) is 13.4. The molecule has 0 aromatic carbocycles. The van der Waals surface area contributed by atoms with E-state index in [2.05, 4.69) is 10.2 Å². The van der Waals surface area contributed by atoms with Gasteiger partial charge in [0, 0.05) is 51.0 Å². The van der Waals surface area contributed by atoms with Gasteiger partial charge < -0.3 is 19.4 Å². The van der Waals surface area contributed by atoms with Crippen molar-refractivity contribution in [2.24, 2.45) is 0 Å². The van der Waals surface area contributed by atoms with Crippen LogP contribution in [0, 0.1) is 0 Å². The monoisotopic (exact) mass is 406 g/mol. The first-order valence-corrected chi connectivity index (χ1v) is 11.5. The molecule has 9 heteroatoms. The van der Waals surface area contributed by atoms with E-state index in [1.54, 1.807) is 0 Å². The summed E-state index contributed by atoms with van der Waals surface area (Å²) in [7, 11) is -3.16. The van der Waals surface area contributed by atoms with Gasteiger partial charge in [0.15, 0.2) is 0 Å². The van der Waals surface area contributed by atoms with Crippen molar-refractivity contribution in [1.29, 1.82) is 0 Å². The third-order valence-electron chi connectivity index (χ3n) is 5.44. The molecule has 2 fully saturated rings. The van der Waals surface area contributed by atoms with Gasteiger partial charge in [-0.05, 0) is 37.1 Å². The molecular formula is C19H26N4O4S. The molecule has 1 amide bonds. The van der Waals surface area contributed by atoms with Gasteiger partial charge in [-0.15, -0.1) is 0 Å². The summed E-state index contributed by atoms with van der Waals surface area (Å²) in [5.74, 6) is 0.857. The van der Waals surface area contributed by atoms with Gasteiger partial charge in [-0.25, -0.2) is 8.42 Å². The first kappa shape index (κ1) is 19.2. The average Bonchev–Trinajstić information content (AvgIpc) is 3.34. The molecule has 0 aliphatic carbocycles. The Morgan fingerprint density at radius 2 is 1.93 bits per heavy atom. The van der Waals surface area contributed by atoms with Crippen LogP contribution < -0.4 is 10.2 Å². The Labute approximate surface area is 165 Å². The zero-order valence-corrected chi connectivity index (χ0v) is 16.8. The SMILES string of the molecule is CS(=O)(=O)N1CCN(c2ccc3ccc(C(=O)NCC4CCCO4)cn23)CC1. The number of ether oxygens (including phenoxy) is 1. The summed E-state index contributed by atoms with van der Waals surface area (Å²) < 4.78 is 32.5. The molecule has 0 saturated carbocycles. The number of piperazine rings is 1. The van der Waals surface area contributed by atoms with Crippen molar-refractivity contribution < 1.29 is 17.9 Å². The smallest absolute Gasteiger partial charge is 0.252 e. The maximum absolute atomic E-state index is 12.5. The van der Waals surface area contributed by atoms with Crippen molar-refractivity contribution in [3.05, 3.63) is 36.0 Å². The quantitative estimate of drug-likeness (QED) is 0.799. The lowest BCUT2D eigenvalue weighted by atomic mass is 10.2. The number of sulfonamides is 1. The number of nitrogens with one attached hydrogen (secondary N) is 1. The Morgan fingerprint density at radius 1 is 1.18 bits per heavy atom. The molecule has 0 bridgehead atoms. The van der Waals surface area contributed by atoms with Crippen LogP contribution in [0.5, 0.6) is 0 Å². The van der Waals surface area contributed by atoms with Crippen LogP contribution in [0.15, 0.2) is 30.5 Å². The van der Waals surface area contributed by atoms with Gasteiger partial charge in [0.25, 0.3) is 5.91 Å². The van der Waals surface area contributed by atoms with Crippen LogP contribution in [0.4, 0.5) is 5.82 Å². The van der Waals surface area contributed by atoms with Gasteiger partial charge in [0.2, 0.25) is 10.0 Å². The summed E-state index contributed by atoms with van der Waals surface area (Å²) in [6, 6.07) is 7.77. The number of aromatic nitrogens is 1. The van der Waals surface area contributed by atoms with Crippen molar-refractivity contribution in [3.8, 4) is 0 Å². The second-order valence-electron chi connectivity index (χ2n) is 7.40. The number of amides is 1. The molecule has 2 saturated heterocycles. The fourth-order valence-corrected chi connectivity index (χ4v) is 4.67. The Hall–Kier alpha value is -2.10. The number of fused-ring (bicyclic) bond motifs is 1. The number of anilines is 1. The molecule has 152 valence electrons. The summed E-state index contributed by atoms with van der Waals surface area (Å²) in [6.07, 6.45) is 5.24. The Bertz CT molecular complexity index is 957. The van der Waals surface area contributed by atoms with Crippen LogP contribution in [0.3, 0.4) is 0 Å². The zero-order valence-electron chi connectivity index (χ0n) is 16.0. The van der Waals surface area contributed by atoms with Gasteiger partial charge in [-0.2, -0.15) is 4.31 Å². The molecule has 0 radical (unpaired) electrons. The molecule has 1 unspecified atom stereocenters. The predicted octanol–water partition coefficient (Wildman–Crippen LogP) is 0.930. The van der Waals surface area contributed by atoms with Crippen LogP contribution in [0.25, 0.3) is 5.52 Å².